The fraction of sp³-hybridized carbons (Fsp3) is 0.381. The number of amides is 1. The van der Waals surface area contributed by atoms with Gasteiger partial charge in [-0.15, -0.1) is 0 Å². The Balaban J connectivity index is 1.74. The molecule has 0 aromatic heterocycles. The average Bonchev–Trinajstić information content (AvgIpc) is 2.70. The lowest BCUT2D eigenvalue weighted by atomic mass is 10.0. The van der Waals surface area contributed by atoms with Crippen molar-refractivity contribution < 1.29 is 9.72 Å². The number of hydrogen-bond donors (Lipinski definition) is 1. The summed E-state index contributed by atoms with van der Waals surface area (Å²) < 4.78 is 0. The highest BCUT2D eigenvalue weighted by Gasteiger charge is 2.24. The lowest BCUT2D eigenvalue weighted by Gasteiger charge is -2.38. The Kier molecular flexibility index (Phi) is 6.38. The third-order valence-corrected chi connectivity index (χ3v) is 5.22. The number of rotatable bonds is 6. The van der Waals surface area contributed by atoms with E-state index in [1.165, 1.54) is 23.8 Å². The zero-order valence-electron chi connectivity index (χ0n) is 16.3. The van der Waals surface area contributed by atoms with Crippen LogP contribution in [0, 0.1) is 17.0 Å². The molecule has 1 heterocycles. The van der Waals surface area contributed by atoms with Gasteiger partial charge in [-0.1, -0.05) is 35.9 Å². The molecule has 1 fully saturated rings. The molecular formula is C21H26N4O3. The van der Waals surface area contributed by atoms with Gasteiger partial charge < -0.3 is 10.2 Å². The summed E-state index contributed by atoms with van der Waals surface area (Å²) in [4.78, 5) is 27.7. The standard InChI is InChI=1S/C21H26N4O3/c1-16-6-8-17(9-7-16)20(24-12-10-23(2)11-13-24)15-22-21(26)18-4-3-5-19(14-18)25(27)28/h3-9,14,20H,10-13,15H2,1-2H3,(H,22,26). The maximum atomic E-state index is 12.6. The van der Waals surface area contributed by atoms with Crippen LogP contribution in [-0.4, -0.2) is 60.4 Å². The van der Waals surface area contributed by atoms with E-state index in [2.05, 4.69) is 53.4 Å². The Labute approximate surface area is 165 Å². The van der Waals surface area contributed by atoms with E-state index in [0.29, 0.717) is 12.1 Å². The van der Waals surface area contributed by atoms with E-state index < -0.39 is 4.92 Å². The van der Waals surface area contributed by atoms with Gasteiger partial charge in [0.05, 0.1) is 11.0 Å². The van der Waals surface area contributed by atoms with Crippen LogP contribution < -0.4 is 5.32 Å². The topological polar surface area (TPSA) is 78.7 Å². The van der Waals surface area contributed by atoms with Crippen molar-refractivity contribution in [3.05, 3.63) is 75.3 Å². The molecule has 0 bridgehead atoms. The van der Waals surface area contributed by atoms with Crippen LogP contribution in [-0.2, 0) is 0 Å². The Morgan fingerprint density at radius 3 is 2.46 bits per heavy atom. The third-order valence-electron chi connectivity index (χ3n) is 5.22. The van der Waals surface area contributed by atoms with Gasteiger partial charge in [0.15, 0.2) is 0 Å². The fourth-order valence-electron chi connectivity index (χ4n) is 3.43. The molecule has 1 saturated heterocycles. The largest absolute Gasteiger partial charge is 0.350 e. The van der Waals surface area contributed by atoms with Crippen LogP contribution in [0.4, 0.5) is 5.69 Å². The summed E-state index contributed by atoms with van der Waals surface area (Å²) in [6.07, 6.45) is 0. The van der Waals surface area contributed by atoms with Crippen molar-refractivity contribution in [2.45, 2.75) is 13.0 Å². The number of benzene rings is 2. The van der Waals surface area contributed by atoms with Gasteiger partial charge in [0.1, 0.15) is 0 Å². The van der Waals surface area contributed by atoms with E-state index in [0.717, 1.165) is 31.7 Å². The van der Waals surface area contributed by atoms with Gasteiger partial charge in [0.25, 0.3) is 11.6 Å². The third kappa shape index (κ3) is 4.94. The monoisotopic (exact) mass is 382 g/mol. The molecule has 1 aliphatic heterocycles. The summed E-state index contributed by atoms with van der Waals surface area (Å²) in [7, 11) is 2.11. The van der Waals surface area contributed by atoms with Crippen molar-refractivity contribution in [3.8, 4) is 0 Å². The minimum Gasteiger partial charge on any atom is -0.350 e. The molecule has 0 radical (unpaired) electrons. The summed E-state index contributed by atoms with van der Waals surface area (Å²) >= 11 is 0. The van der Waals surface area contributed by atoms with E-state index in [9.17, 15) is 14.9 Å². The van der Waals surface area contributed by atoms with Crippen molar-refractivity contribution in [2.24, 2.45) is 0 Å². The molecule has 1 N–H and O–H groups in total. The quantitative estimate of drug-likeness (QED) is 0.614. The highest BCUT2D eigenvalue weighted by atomic mass is 16.6. The van der Waals surface area contributed by atoms with Crippen molar-refractivity contribution in [1.29, 1.82) is 0 Å². The number of hydrogen-bond acceptors (Lipinski definition) is 5. The predicted octanol–water partition coefficient (Wildman–Crippen LogP) is 2.62. The number of nitrogens with zero attached hydrogens (tertiary/aromatic N) is 3. The van der Waals surface area contributed by atoms with Gasteiger partial charge >= 0.3 is 0 Å². The van der Waals surface area contributed by atoms with E-state index in [1.54, 1.807) is 6.07 Å². The van der Waals surface area contributed by atoms with Crippen molar-refractivity contribution >= 4 is 11.6 Å². The number of piperazine rings is 1. The Bertz CT molecular complexity index is 830. The highest BCUT2D eigenvalue weighted by molar-refractivity contribution is 5.94. The number of non-ortho nitro benzene ring substituents is 1. The molecule has 148 valence electrons. The Hall–Kier alpha value is -2.77. The normalized spacial score (nSPS) is 16.5. The van der Waals surface area contributed by atoms with E-state index in [-0.39, 0.29) is 17.6 Å². The van der Waals surface area contributed by atoms with E-state index in [1.807, 2.05) is 0 Å². The maximum absolute atomic E-state index is 12.6. The molecule has 28 heavy (non-hydrogen) atoms. The average molecular weight is 382 g/mol. The molecule has 2 aromatic carbocycles. The number of likely N-dealkylation sites (N-methyl/N-ethyl adjacent to an activating group) is 1. The molecule has 1 amide bonds. The molecule has 3 rings (SSSR count). The molecule has 0 aliphatic carbocycles. The first kappa shape index (κ1) is 20.0. The molecule has 0 spiro atoms. The number of carbonyl (C=O) groups is 1. The molecule has 7 heteroatoms. The summed E-state index contributed by atoms with van der Waals surface area (Å²) in [5, 5.41) is 13.9. The van der Waals surface area contributed by atoms with Gasteiger partial charge in [-0.2, -0.15) is 0 Å². The van der Waals surface area contributed by atoms with Crippen molar-refractivity contribution in [3.63, 3.8) is 0 Å². The number of nitro groups is 1. The smallest absolute Gasteiger partial charge is 0.270 e. The van der Waals surface area contributed by atoms with Crippen LogP contribution in [0.1, 0.15) is 27.5 Å². The molecule has 0 saturated carbocycles. The lowest BCUT2D eigenvalue weighted by Crippen LogP contribution is -2.48. The Morgan fingerprint density at radius 1 is 1.14 bits per heavy atom. The summed E-state index contributed by atoms with van der Waals surface area (Å²) in [5.41, 5.74) is 2.58. The zero-order valence-corrected chi connectivity index (χ0v) is 16.3. The first-order chi connectivity index (χ1) is 13.4. The first-order valence-corrected chi connectivity index (χ1v) is 9.46. The van der Waals surface area contributed by atoms with Crippen LogP contribution in [0.25, 0.3) is 0 Å². The molecular weight excluding hydrogens is 356 g/mol. The number of carbonyl (C=O) groups excluding carboxylic acids is 1. The number of aryl methyl sites for hydroxylation is 1. The maximum Gasteiger partial charge on any atom is 0.270 e. The summed E-state index contributed by atoms with van der Waals surface area (Å²) in [6, 6.07) is 14.3. The van der Waals surface area contributed by atoms with Crippen molar-refractivity contribution in [1.82, 2.24) is 15.1 Å². The Morgan fingerprint density at radius 2 is 1.82 bits per heavy atom. The van der Waals surface area contributed by atoms with Crippen LogP contribution in [0.15, 0.2) is 48.5 Å². The van der Waals surface area contributed by atoms with Crippen molar-refractivity contribution in [2.75, 3.05) is 39.8 Å². The van der Waals surface area contributed by atoms with Gasteiger partial charge in [0, 0.05) is 50.4 Å². The highest BCUT2D eigenvalue weighted by Crippen LogP contribution is 2.22. The van der Waals surface area contributed by atoms with E-state index >= 15 is 0 Å². The van der Waals surface area contributed by atoms with Gasteiger partial charge in [-0.3, -0.25) is 19.8 Å². The molecule has 7 nitrogen and oxygen atoms in total. The second-order valence-corrected chi connectivity index (χ2v) is 7.28. The number of nitro benzene ring substituents is 1. The van der Waals surface area contributed by atoms with Crippen LogP contribution in [0.5, 0.6) is 0 Å². The van der Waals surface area contributed by atoms with Crippen LogP contribution in [0.2, 0.25) is 0 Å². The minimum atomic E-state index is -0.490. The van der Waals surface area contributed by atoms with Gasteiger partial charge in [0.2, 0.25) is 0 Å². The summed E-state index contributed by atoms with van der Waals surface area (Å²) in [6.45, 7) is 6.35. The lowest BCUT2D eigenvalue weighted by molar-refractivity contribution is -0.384. The van der Waals surface area contributed by atoms with Gasteiger partial charge in [-0.25, -0.2) is 0 Å². The molecule has 2 aromatic rings. The molecule has 1 atom stereocenters. The fourth-order valence-corrected chi connectivity index (χ4v) is 3.43. The second kappa shape index (κ2) is 8.95. The second-order valence-electron chi connectivity index (χ2n) is 7.28. The number of nitrogens with one attached hydrogen (secondary N) is 1. The van der Waals surface area contributed by atoms with Crippen LogP contribution >= 0.6 is 0 Å². The van der Waals surface area contributed by atoms with E-state index in [4.69, 9.17) is 0 Å². The van der Waals surface area contributed by atoms with Gasteiger partial charge in [-0.05, 0) is 25.6 Å². The van der Waals surface area contributed by atoms with Crippen LogP contribution in [0.3, 0.4) is 0 Å². The SMILES string of the molecule is Cc1ccc(C(CNC(=O)c2cccc([N+](=O)[O-])c2)N2CCN(C)CC2)cc1. The molecule has 1 aliphatic rings. The minimum absolute atomic E-state index is 0.0666. The molecule has 1 unspecified atom stereocenters. The zero-order chi connectivity index (χ0) is 20.1. The summed E-state index contributed by atoms with van der Waals surface area (Å²) in [5.74, 6) is -0.296. The first-order valence-electron chi connectivity index (χ1n) is 9.46. The predicted molar refractivity (Wildman–Crippen MR) is 108 cm³/mol.